The molecule has 64 heavy (non-hydrogen) atoms. The lowest BCUT2D eigenvalue weighted by Crippen LogP contribution is -2.43. The van der Waals surface area contributed by atoms with Crippen LogP contribution < -0.4 is 0 Å². The van der Waals surface area contributed by atoms with Gasteiger partial charge in [0, 0.05) is 0 Å². The summed E-state index contributed by atoms with van der Waals surface area (Å²) in [6.07, 6.45) is 32.7. The van der Waals surface area contributed by atoms with Gasteiger partial charge in [0.1, 0.15) is 0 Å². The second kappa shape index (κ2) is 28.0. The highest BCUT2D eigenvalue weighted by atomic mass is 16.3. The van der Waals surface area contributed by atoms with Crippen molar-refractivity contribution in [1.82, 2.24) is 0 Å². The Labute approximate surface area is 397 Å². The van der Waals surface area contributed by atoms with Gasteiger partial charge in [0.25, 0.3) is 0 Å². The molecule has 3 fully saturated rings. The molecular formula is C60H104O4. The summed E-state index contributed by atoms with van der Waals surface area (Å²) < 4.78 is 0. The molecule has 8 atom stereocenters. The maximum atomic E-state index is 10.2. The maximum absolute atomic E-state index is 10.2. The summed E-state index contributed by atoms with van der Waals surface area (Å²) in [5, 5.41) is 39.8. The zero-order chi connectivity index (χ0) is 49.7. The van der Waals surface area contributed by atoms with Gasteiger partial charge in [-0.25, -0.2) is 0 Å². The van der Waals surface area contributed by atoms with E-state index in [1.54, 1.807) is 26.0 Å². The molecule has 0 saturated heterocycles. The fourth-order valence-corrected chi connectivity index (χ4v) is 9.65. The zero-order valence-electron chi connectivity index (χ0n) is 44.7. The Morgan fingerprint density at radius 1 is 0.625 bits per heavy atom. The van der Waals surface area contributed by atoms with Crippen molar-refractivity contribution in [3.8, 4) is 0 Å². The van der Waals surface area contributed by atoms with Gasteiger partial charge < -0.3 is 20.4 Å². The van der Waals surface area contributed by atoms with Gasteiger partial charge in [0.2, 0.25) is 0 Å². The minimum absolute atomic E-state index is 0.160. The van der Waals surface area contributed by atoms with Crippen LogP contribution in [0.3, 0.4) is 0 Å². The van der Waals surface area contributed by atoms with Gasteiger partial charge in [-0.05, 0) is 234 Å². The third-order valence-electron chi connectivity index (χ3n) is 14.9. The average Bonchev–Trinajstić information content (AvgIpc) is 3.17. The fraction of sp³-hybridized carbons (Fsp3) is 0.700. The van der Waals surface area contributed by atoms with E-state index >= 15 is 0 Å². The van der Waals surface area contributed by atoms with Crippen molar-refractivity contribution in [3.05, 3.63) is 109 Å². The molecule has 0 bridgehead atoms. The highest BCUT2D eigenvalue weighted by Gasteiger charge is 2.46. The summed E-state index contributed by atoms with van der Waals surface area (Å²) >= 11 is 0. The van der Waals surface area contributed by atoms with E-state index in [9.17, 15) is 20.4 Å². The topological polar surface area (TPSA) is 80.9 Å². The van der Waals surface area contributed by atoms with E-state index in [-0.39, 0.29) is 5.41 Å². The van der Waals surface area contributed by atoms with Crippen molar-refractivity contribution < 1.29 is 20.4 Å². The quantitative estimate of drug-likeness (QED) is 0.103. The third-order valence-corrected chi connectivity index (χ3v) is 14.9. The Hall–Kier alpha value is -2.50. The van der Waals surface area contributed by atoms with E-state index in [1.807, 2.05) is 27.7 Å². The second-order valence-electron chi connectivity index (χ2n) is 23.0. The number of aliphatic hydroxyl groups is 4. The van der Waals surface area contributed by atoms with Crippen molar-refractivity contribution in [2.24, 2.45) is 34.5 Å². The van der Waals surface area contributed by atoms with Gasteiger partial charge in [-0.1, -0.05) is 103 Å². The smallest absolute Gasteiger partial charge is 0.0800 e. The minimum atomic E-state index is -0.726. The molecule has 4 nitrogen and oxygen atoms in total. The molecule has 3 aliphatic carbocycles. The third kappa shape index (κ3) is 24.3. The monoisotopic (exact) mass is 889 g/mol. The van der Waals surface area contributed by atoms with Crippen LogP contribution in [0, 0.1) is 34.5 Å². The molecule has 0 amide bonds. The van der Waals surface area contributed by atoms with Gasteiger partial charge >= 0.3 is 0 Å². The first-order valence-corrected chi connectivity index (χ1v) is 25.0. The van der Waals surface area contributed by atoms with Crippen LogP contribution in [0.4, 0.5) is 0 Å². The molecule has 4 heteroatoms. The number of allylic oxidation sites excluding steroid dienone is 11. The van der Waals surface area contributed by atoms with Crippen LogP contribution in [0.2, 0.25) is 0 Å². The van der Waals surface area contributed by atoms with Gasteiger partial charge in [0.05, 0.1) is 22.4 Å². The molecule has 0 aromatic carbocycles. The highest BCUT2D eigenvalue weighted by Crippen LogP contribution is 2.55. The molecule has 2 unspecified atom stereocenters. The Morgan fingerprint density at radius 3 is 1.42 bits per heavy atom. The van der Waals surface area contributed by atoms with Gasteiger partial charge in [-0.3, -0.25) is 0 Å². The summed E-state index contributed by atoms with van der Waals surface area (Å²) in [5.41, 5.74) is 6.33. The molecule has 3 rings (SSSR count). The molecule has 3 saturated carbocycles. The van der Waals surface area contributed by atoms with Gasteiger partial charge in [-0.2, -0.15) is 0 Å². The molecule has 0 aromatic rings. The van der Waals surface area contributed by atoms with Crippen molar-refractivity contribution in [1.29, 1.82) is 0 Å². The zero-order valence-corrected chi connectivity index (χ0v) is 44.7. The normalized spacial score (nSPS) is 26.8. The average molecular weight is 889 g/mol. The van der Waals surface area contributed by atoms with Crippen LogP contribution in [0.1, 0.15) is 213 Å². The molecule has 0 aromatic heterocycles. The number of hydrogen-bond donors (Lipinski definition) is 4. The van der Waals surface area contributed by atoms with E-state index in [2.05, 4.69) is 126 Å². The summed E-state index contributed by atoms with van der Waals surface area (Å²) in [6, 6.07) is 0. The Kier molecular flexibility index (Phi) is 26.9. The van der Waals surface area contributed by atoms with Crippen LogP contribution in [-0.4, -0.2) is 42.8 Å². The molecule has 0 aliphatic heterocycles. The number of fused-ring (bicyclic) bond motifs is 1. The lowest BCUT2D eigenvalue weighted by molar-refractivity contribution is -0.0406. The summed E-state index contributed by atoms with van der Waals surface area (Å²) in [6.45, 7) is 50.6. The second-order valence-corrected chi connectivity index (χ2v) is 23.0. The Balaban J connectivity index is 0.000000827. The molecule has 0 radical (unpaired) electrons. The van der Waals surface area contributed by atoms with Crippen molar-refractivity contribution in [2.75, 3.05) is 0 Å². The standard InChI is InChI=1S/4C15H26O/c1-11-6-5-8-15(4)9-7-12(10-13(11)15)14(2,3)16;1-7-15(6)9-8-12(14(4,5)16)10-13(15)11(2)3;2*1-6-15(5,16)12-8-11-14(4)10-7-9-13(2)3/h12-13,16H,1,5-10H2,2-4H3;7,12-13,16H,1-2,8-10H2,3-6H3;2*6,9,11,16H,1,7-8,10,12H2,2-5H3/b;;2*14-11+/t2*12-,13+,15-;;/m11../s1. The maximum Gasteiger partial charge on any atom is 0.0800 e. The van der Waals surface area contributed by atoms with E-state index in [4.69, 9.17) is 0 Å². The predicted octanol–water partition coefficient (Wildman–Crippen LogP) is 16.7. The molecular weight excluding hydrogens is 785 g/mol. The summed E-state index contributed by atoms with van der Waals surface area (Å²) in [7, 11) is 0. The van der Waals surface area contributed by atoms with E-state index < -0.39 is 22.4 Å². The summed E-state index contributed by atoms with van der Waals surface area (Å²) in [4.78, 5) is 0. The van der Waals surface area contributed by atoms with E-state index in [1.165, 1.54) is 65.5 Å². The molecule has 3 aliphatic rings. The van der Waals surface area contributed by atoms with Crippen molar-refractivity contribution in [3.63, 3.8) is 0 Å². The van der Waals surface area contributed by atoms with Gasteiger partial charge in [0.15, 0.2) is 0 Å². The first-order valence-electron chi connectivity index (χ1n) is 25.0. The Bertz CT molecular complexity index is 1510. The lowest BCUT2D eigenvalue weighted by Gasteiger charge is -2.50. The molecule has 0 spiro atoms. The van der Waals surface area contributed by atoms with Gasteiger partial charge in [-0.15, -0.1) is 19.7 Å². The number of hydrogen-bond acceptors (Lipinski definition) is 4. The lowest BCUT2D eigenvalue weighted by atomic mass is 9.55. The van der Waals surface area contributed by atoms with Crippen LogP contribution in [0.5, 0.6) is 0 Å². The molecule has 368 valence electrons. The molecule has 0 heterocycles. The SMILES string of the molecule is C=C1CCC[C@]2(C)CC[C@@H](C(C)(C)O)C[C@@H]12.C=CC(C)(O)CC/C=C(\C)CCC=C(C)C.C=CC(C)(O)CC/C=C(\C)CCC=C(C)C.C=C[C@]1(C)CC[C@@H](C(C)(C)O)C[C@H]1C(=C)C. The van der Waals surface area contributed by atoms with Crippen LogP contribution in [-0.2, 0) is 0 Å². The fourth-order valence-electron chi connectivity index (χ4n) is 9.65. The van der Waals surface area contributed by atoms with Crippen molar-refractivity contribution >= 4 is 0 Å². The van der Waals surface area contributed by atoms with Crippen molar-refractivity contribution in [2.45, 2.75) is 235 Å². The highest BCUT2D eigenvalue weighted by molar-refractivity contribution is 5.14. The Morgan fingerprint density at radius 2 is 1.05 bits per heavy atom. The number of rotatable bonds is 18. The van der Waals surface area contributed by atoms with Crippen LogP contribution in [0.25, 0.3) is 0 Å². The first kappa shape index (κ1) is 61.5. The van der Waals surface area contributed by atoms with E-state index in [0.717, 1.165) is 77.0 Å². The first-order chi connectivity index (χ1) is 29.3. The largest absolute Gasteiger partial charge is 0.390 e. The minimum Gasteiger partial charge on any atom is -0.390 e. The molecule has 4 N–H and O–H groups in total. The van der Waals surface area contributed by atoms with Crippen LogP contribution in [0.15, 0.2) is 109 Å². The van der Waals surface area contributed by atoms with Crippen LogP contribution >= 0.6 is 0 Å². The summed E-state index contributed by atoms with van der Waals surface area (Å²) in [5.74, 6) is 1.95. The van der Waals surface area contributed by atoms with E-state index in [0.29, 0.717) is 29.1 Å². The predicted molar refractivity (Wildman–Crippen MR) is 283 cm³/mol.